The normalized spacial score (nSPS) is 18.1. The van der Waals surface area contributed by atoms with Gasteiger partial charge >= 0.3 is 0 Å². The van der Waals surface area contributed by atoms with Crippen LogP contribution >= 0.6 is 0 Å². The molecule has 2 heterocycles. The lowest BCUT2D eigenvalue weighted by molar-refractivity contribution is 0.173. The van der Waals surface area contributed by atoms with E-state index in [1.165, 1.54) is 0 Å². The van der Waals surface area contributed by atoms with Crippen LogP contribution in [0.15, 0.2) is 12.3 Å². The highest BCUT2D eigenvalue weighted by molar-refractivity contribution is 5.24. The second-order valence-corrected chi connectivity index (χ2v) is 6.39. The molecule has 20 heavy (non-hydrogen) atoms. The molecule has 1 saturated heterocycles. The van der Waals surface area contributed by atoms with Crippen molar-refractivity contribution in [2.75, 3.05) is 25.4 Å². The van der Waals surface area contributed by atoms with E-state index in [0.29, 0.717) is 11.9 Å². The van der Waals surface area contributed by atoms with Crippen LogP contribution in [0.3, 0.4) is 0 Å². The molecule has 0 aromatic carbocycles. The maximum Gasteiger partial charge on any atom is 0.145 e. The Morgan fingerprint density at radius 2 is 2.15 bits per heavy atom. The fourth-order valence-electron chi connectivity index (χ4n) is 2.76. The van der Waals surface area contributed by atoms with Crippen molar-refractivity contribution in [1.29, 1.82) is 5.26 Å². The quantitative estimate of drug-likeness (QED) is 0.896. The molecule has 5 heteroatoms. The van der Waals surface area contributed by atoms with E-state index in [1.54, 1.807) is 0 Å². The molecule has 0 bridgehead atoms. The van der Waals surface area contributed by atoms with Crippen molar-refractivity contribution >= 4 is 5.82 Å². The van der Waals surface area contributed by atoms with E-state index in [9.17, 15) is 0 Å². The molecular formula is C15H25N5. The summed E-state index contributed by atoms with van der Waals surface area (Å²) < 4.78 is 2.01. The third-order valence-corrected chi connectivity index (χ3v) is 4.14. The molecule has 0 radical (unpaired) electrons. The number of nitrogens with two attached hydrogens (primary N) is 1. The minimum absolute atomic E-state index is 0.190. The van der Waals surface area contributed by atoms with Crippen molar-refractivity contribution in [2.45, 2.75) is 45.6 Å². The Labute approximate surface area is 121 Å². The van der Waals surface area contributed by atoms with Crippen LogP contribution in [0.1, 0.15) is 45.6 Å². The predicted molar refractivity (Wildman–Crippen MR) is 80.0 cm³/mol. The molecule has 0 aliphatic carbocycles. The minimum atomic E-state index is -0.190. The first kappa shape index (κ1) is 14.9. The summed E-state index contributed by atoms with van der Waals surface area (Å²) >= 11 is 0. The molecule has 1 aliphatic heterocycles. The number of anilines is 1. The molecular weight excluding hydrogens is 250 g/mol. The summed E-state index contributed by atoms with van der Waals surface area (Å²) in [5, 5.41) is 13.3. The van der Waals surface area contributed by atoms with Gasteiger partial charge in [-0.25, -0.2) is 0 Å². The smallest absolute Gasteiger partial charge is 0.145 e. The van der Waals surface area contributed by atoms with Crippen LogP contribution in [-0.4, -0.2) is 34.3 Å². The zero-order chi connectivity index (χ0) is 14.6. The molecule has 1 aliphatic rings. The largest absolute Gasteiger partial charge is 0.382 e. The van der Waals surface area contributed by atoms with Crippen molar-refractivity contribution in [2.24, 2.45) is 5.41 Å². The van der Waals surface area contributed by atoms with Gasteiger partial charge in [0.15, 0.2) is 0 Å². The molecule has 0 unspecified atom stereocenters. The van der Waals surface area contributed by atoms with Gasteiger partial charge in [0.1, 0.15) is 5.82 Å². The van der Waals surface area contributed by atoms with Gasteiger partial charge in [-0.15, -0.1) is 0 Å². The molecule has 5 nitrogen and oxygen atoms in total. The molecule has 1 aromatic heterocycles. The Balaban J connectivity index is 1.71. The number of nitriles is 1. The highest BCUT2D eigenvalue weighted by atomic mass is 15.3. The van der Waals surface area contributed by atoms with Crippen LogP contribution in [0.2, 0.25) is 0 Å². The molecule has 0 amide bonds. The molecule has 0 atom stereocenters. The Morgan fingerprint density at radius 3 is 2.70 bits per heavy atom. The number of aromatic nitrogens is 2. The van der Waals surface area contributed by atoms with Crippen LogP contribution in [0, 0.1) is 16.7 Å². The lowest BCUT2D eigenvalue weighted by atomic mass is 9.89. The summed E-state index contributed by atoms with van der Waals surface area (Å²) in [4.78, 5) is 2.50. The van der Waals surface area contributed by atoms with Crippen LogP contribution in [-0.2, 0) is 0 Å². The van der Waals surface area contributed by atoms with Gasteiger partial charge in [0.2, 0.25) is 0 Å². The van der Waals surface area contributed by atoms with Crippen LogP contribution in [0.25, 0.3) is 0 Å². The summed E-state index contributed by atoms with van der Waals surface area (Å²) in [7, 11) is 0. The number of piperidine rings is 1. The molecule has 1 aromatic rings. The Kier molecular flexibility index (Phi) is 4.66. The van der Waals surface area contributed by atoms with Crippen LogP contribution in [0.5, 0.6) is 0 Å². The first-order valence-corrected chi connectivity index (χ1v) is 7.44. The van der Waals surface area contributed by atoms with Gasteiger partial charge in [-0.2, -0.15) is 10.4 Å². The number of hydrogen-bond donors (Lipinski definition) is 1. The molecule has 2 rings (SSSR count). The van der Waals surface area contributed by atoms with Crippen molar-refractivity contribution in [3.05, 3.63) is 12.3 Å². The summed E-state index contributed by atoms with van der Waals surface area (Å²) in [6.07, 6.45) is 6.30. The molecule has 2 N–H and O–H groups in total. The van der Waals surface area contributed by atoms with Gasteiger partial charge in [-0.05, 0) is 52.1 Å². The Morgan fingerprint density at radius 1 is 1.45 bits per heavy atom. The van der Waals surface area contributed by atoms with E-state index in [1.807, 2.05) is 30.8 Å². The average Bonchev–Trinajstić information content (AvgIpc) is 2.86. The number of likely N-dealkylation sites (tertiary alicyclic amines) is 1. The van der Waals surface area contributed by atoms with Crippen molar-refractivity contribution in [1.82, 2.24) is 14.7 Å². The van der Waals surface area contributed by atoms with Gasteiger partial charge in [0.25, 0.3) is 0 Å². The van der Waals surface area contributed by atoms with Gasteiger partial charge < -0.3 is 10.6 Å². The zero-order valence-electron chi connectivity index (χ0n) is 12.5. The SMILES string of the molecule is CC(C)(C#N)CCCN1CCC(n2ccc(N)n2)CC1. The fourth-order valence-corrected chi connectivity index (χ4v) is 2.76. The first-order valence-electron chi connectivity index (χ1n) is 7.44. The van der Waals surface area contributed by atoms with E-state index in [4.69, 9.17) is 11.0 Å². The Hall–Kier alpha value is -1.54. The van der Waals surface area contributed by atoms with Crippen molar-refractivity contribution < 1.29 is 0 Å². The van der Waals surface area contributed by atoms with Crippen LogP contribution in [0.4, 0.5) is 5.82 Å². The summed E-state index contributed by atoms with van der Waals surface area (Å²) in [5.74, 6) is 0.603. The fraction of sp³-hybridized carbons (Fsp3) is 0.733. The molecule has 1 fully saturated rings. The first-order chi connectivity index (χ1) is 9.50. The maximum atomic E-state index is 9.01. The lowest BCUT2D eigenvalue weighted by Gasteiger charge is -2.32. The van der Waals surface area contributed by atoms with Crippen molar-refractivity contribution in [3.8, 4) is 6.07 Å². The number of nitrogens with zero attached hydrogens (tertiary/aromatic N) is 4. The predicted octanol–water partition coefficient (Wildman–Crippen LogP) is 2.43. The topological polar surface area (TPSA) is 70.9 Å². The van der Waals surface area contributed by atoms with Gasteiger partial charge in [0.05, 0.1) is 17.5 Å². The van der Waals surface area contributed by atoms with Gasteiger partial charge in [-0.1, -0.05) is 0 Å². The number of rotatable bonds is 5. The third-order valence-electron chi connectivity index (χ3n) is 4.14. The summed E-state index contributed by atoms with van der Waals surface area (Å²) in [6.45, 7) is 7.34. The summed E-state index contributed by atoms with van der Waals surface area (Å²) in [5.41, 5.74) is 5.47. The monoisotopic (exact) mass is 275 g/mol. The standard InChI is InChI=1S/C15H25N5/c1-15(2,12-16)7-3-8-19-9-4-13(5-10-19)20-11-6-14(17)18-20/h6,11,13H,3-5,7-10H2,1-2H3,(H2,17,18). The second-order valence-electron chi connectivity index (χ2n) is 6.39. The van der Waals surface area contributed by atoms with E-state index in [-0.39, 0.29) is 5.41 Å². The highest BCUT2D eigenvalue weighted by Crippen LogP contribution is 2.24. The highest BCUT2D eigenvalue weighted by Gasteiger charge is 2.22. The lowest BCUT2D eigenvalue weighted by Crippen LogP contribution is -2.35. The molecule has 110 valence electrons. The summed E-state index contributed by atoms with van der Waals surface area (Å²) in [6, 6.07) is 4.71. The minimum Gasteiger partial charge on any atom is -0.382 e. The van der Waals surface area contributed by atoms with Gasteiger partial charge in [-0.3, -0.25) is 4.68 Å². The average molecular weight is 275 g/mol. The molecule has 0 saturated carbocycles. The number of nitrogen functional groups attached to an aromatic ring is 1. The van der Waals surface area contributed by atoms with E-state index in [0.717, 1.165) is 45.3 Å². The van der Waals surface area contributed by atoms with Crippen molar-refractivity contribution in [3.63, 3.8) is 0 Å². The Bertz CT molecular complexity index is 463. The van der Waals surface area contributed by atoms with E-state index < -0.39 is 0 Å². The van der Waals surface area contributed by atoms with Crippen LogP contribution < -0.4 is 5.73 Å². The third kappa shape index (κ3) is 3.97. The molecule has 0 spiro atoms. The van der Waals surface area contributed by atoms with E-state index >= 15 is 0 Å². The maximum absolute atomic E-state index is 9.01. The number of hydrogen-bond acceptors (Lipinski definition) is 4. The van der Waals surface area contributed by atoms with Gasteiger partial charge in [0, 0.05) is 19.3 Å². The van der Waals surface area contributed by atoms with E-state index in [2.05, 4.69) is 16.1 Å². The second kappa shape index (κ2) is 6.27. The zero-order valence-corrected chi connectivity index (χ0v) is 12.5.